The van der Waals surface area contributed by atoms with Crippen molar-refractivity contribution in [2.75, 3.05) is 0 Å². The Kier molecular flexibility index (Phi) is 2.55. The van der Waals surface area contributed by atoms with Crippen LogP contribution >= 0.6 is 22.6 Å². The lowest BCUT2D eigenvalue weighted by Crippen LogP contribution is -2.05. The second-order valence-electron chi connectivity index (χ2n) is 3.02. The summed E-state index contributed by atoms with van der Waals surface area (Å²) in [6, 6.07) is 0. The number of aromatic nitrogens is 5. The molecule has 6 nitrogen and oxygen atoms in total. The van der Waals surface area contributed by atoms with Crippen LogP contribution in [-0.2, 0) is 14.1 Å². The van der Waals surface area contributed by atoms with Crippen molar-refractivity contribution in [3.8, 4) is 0 Å². The van der Waals surface area contributed by atoms with Gasteiger partial charge in [-0.05, 0) is 22.6 Å². The van der Waals surface area contributed by atoms with Crippen LogP contribution in [0.1, 0.15) is 16.1 Å². The normalized spacial score (nSPS) is 10.6. The average Bonchev–Trinajstić information content (AvgIpc) is 2.75. The number of hydrogen-bond acceptors (Lipinski definition) is 4. The number of aryl methyl sites for hydroxylation is 2. The molecule has 78 valence electrons. The van der Waals surface area contributed by atoms with Crippen LogP contribution < -0.4 is 0 Å². The molecular formula is C8H8IN5O. The monoisotopic (exact) mass is 317 g/mol. The summed E-state index contributed by atoms with van der Waals surface area (Å²) >= 11 is 2.07. The molecule has 0 fully saturated rings. The molecule has 0 N–H and O–H groups in total. The Morgan fingerprint density at radius 1 is 1.33 bits per heavy atom. The molecule has 0 aliphatic carbocycles. The zero-order chi connectivity index (χ0) is 11.0. The van der Waals surface area contributed by atoms with Crippen molar-refractivity contribution in [3.05, 3.63) is 27.4 Å². The minimum Gasteiger partial charge on any atom is -0.287 e. The first kappa shape index (κ1) is 10.3. The molecule has 0 amide bonds. The van der Waals surface area contributed by atoms with E-state index in [1.54, 1.807) is 25.0 Å². The number of nitrogens with zero attached hydrogens (tertiary/aromatic N) is 5. The summed E-state index contributed by atoms with van der Waals surface area (Å²) in [7, 11) is 3.46. The molecule has 0 saturated carbocycles. The van der Waals surface area contributed by atoms with E-state index < -0.39 is 0 Å². The van der Waals surface area contributed by atoms with Gasteiger partial charge in [-0.3, -0.25) is 9.48 Å². The number of rotatable bonds is 2. The molecule has 0 aromatic carbocycles. The molecule has 2 heterocycles. The predicted molar refractivity (Wildman–Crippen MR) is 60.4 cm³/mol. The van der Waals surface area contributed by atoms with Gasteiger partial charge in [0.15, 0.2) is 5.69 Å². The highest BCUT2D eigenvalue weighted by atomic mass is 127. The highest BCUT2D eigenvalue weighted by molar-refractivity contribution is 14.1. The quantitative estimate of drug-likeness (QED) is 0.593. The fourth-order valence-electron chi connectivity index (χ4n) is 1.16. The summed E-state index contributed by atoms with van der Waals surface area (Å²) in [4.78, 5) is 13.3. The number of carbonyl (C=O) groups excluding carboxylic acids is 1. The molecule has 0 spiro atoms. The molecule has 0 saturated heterocycles. The fourth-order valence-corrected chi connectivity index (χ4v) is 1.67. The van der Waals surface area contributed by atoms with Gasteiger partial charge in [-0.15, -0.1) is 0 Å². The van der Waals surface area contributed by atoms with E-state index >= 15 is 0 Å². The van der Waals surface area contributed by atoms with Crippen LogP contribution in [0.2, 0.25) is 0 Å². The topological polar surface area (TPSA) is 65.6 Å². The highest BCUT2D eigenvalue weighted by Gasteiger charge is 2.18. The standard InChI is InChI=1S/C8H8IN5O/c1-13-8(9)5(3-10-13)7(15)6-4-11-14(2)12-6/h3-4H,1-2H3. The molecule has 2 aromatic rings. The van der Waals surface area contributed by atoms with Gasteiger partial charge in [0, 0.05) is 14.1 Å². The van der Waals surface area contributed by atoms with Gasteiger partial charge in [-0.1, -0.05) is 0 Å². The van der Waals surface area contributed by atoms with E-state index in [-0.39, 0.29) is 5.78 Å². The second-order valence-corrected chi connectivity index (χ2v) is 4.04. The molecule has 2 rings (SSSR count). The first-order valence-corrected chi connectivity index (χ1v) is 5.26. The maximum absolute atomic E-state index is 11.9. The second kappa shape index (κ2) is 3.72. The van der Waals surface area contributed by atoms with Crippen molar-refractivity contribution in [2.24, 2.45) is 14.1 Å². The highest BCUT2D eigenvalue weighted by Crippen LogP contribution is 2.13. The Morgan fingerprint density at radius 3 is 2.53 bits per heavy atom. The van der Waals surface area contributed by atoms with Crippen molar-refractivity contribution >= 4 is 28.4 Å². The van der Waals surface area contributed by atoms with Crippen molar-refractivity contribution in [2.45, 2.75) is 0 Å². The molecule has 2 aromatic heterocycles. The Bertz CT molecular complexity index is 515. The van der Waals surface area contributed by atoms with Gasteiger partial charge in [-0.2, -0.15) is 20.1 Å². The van der Waals surface area contributed by atoms with Crippen LogP contribution in [0.3, 0.4) is 0 Å². The van der Waals surface area contributed by atoms with E-state index in [9.17, 15) is 4.79 Å². The van der Waals surface area contributed by atoms with E-state index in [1.807, 2.05) is 0 Å². The number of carbonyl (C=O) groups is 1. The van der Waals surface area contributed by atoms with Gasteiger partial charge >= 0.3 is 0 Å². The van der Waals surface area contributed by atoms with Gasteiger partial charge in [0.05, 0.1) is 18.0 Å². The minimum atomic E-state index is -0.152. The molecule has 0 unspecified atom stereocenters. The largest absolute Gasteiger partial charge is 0.287 e. The van der Waals surface area contributed by atoms with E-state index in [1.165, 1.54) is 11.0 Å². The lowest BCUT2D eigenvalue weighted by molar-refractivity contribution is 0.103. The van der Waals surface area contributed by atoms with Crippen LogP contribution in [0.4, 0.5) is 0 Å². The first-order chi connectivity index (χ1) is 7.09. The van der Waals surface area contributed by atoms with Gasteiger partial charge in [0.2, 0.25) is 5.78 Å². The molecule has 7 heteroatoms. The summed E-state index contributed by atoms with van der Waals surface area (Å²) < 4.78 is 2.44. The SMILES string of the molecule is Cn1ncc(C(=O)c2cnn(C)c2I)n1. The summed E-state index contributed by atoms with van der Waals surface area (Å²) in [5, 5.41) is 11.8. The van der Waals surface area contributed by atoms with Gasteiger partial charge in [0.25, 0.3) is 0 Å². The van der Waals surface area contributed by atoms with Gasteiger partial charge in [-0.25, -0.2) is 0 Å². The fraction of sp³-hybridized carbons (Fsp3) is 0.250. The molecule has 0 aliphatic heterocycles. The van der Waals surface area contributed by atoms with E-state index in [4.69, 9.17) is 0 Å². The maximum Gasteiger partial charge on any atom is 0.219 e. The number of hydrogen-bond donors (Lipinski definition) is 0. The average molecular weight is 317 g/mol. The van der Waals surface area contributed by atoms with Crippen molar-refractivity contribution in [1.82, 2.24) is 24.8 Å². The lowest BCUT2D eigenvalue weighted by atomic mass is 10.2. The molecule has 0 atom stereocenters. The zero-order valence-electron chi connectivity index (χ0n) is 8.18. The predicted octanol–water partition coefficient (Wildman–Crippen LogP) is 0.384. The molecular weight excluding hydrogens is 309 g/mol. The van der Waals surface area contributed by atoms with Gasteiger partial charge in [0.1, 0.15) is 3.70 Å². The zero-order valence-corrected chi connectivity index (χ0v) is 10.3. The molecule has 15 heavy (non-hydrogen) atoms. The van der Waals surface area contributed by atoms with Crippen LogP contribution in [0, 0.1) is 3.70 Å². The molecule has 0 aliphatic rings. The summed E-state index contributed by atoms with van der Waals surface area (Å²) in [6.07, 6.45) is 2.99. The first-order valence-electron chi connectivity index (χ1n) is 4.18. The third-order valence-electron chi connectivity index (χ3n) is 1.94. The minimum absolute atomic E-state index is 0.152. The number of ketones is 1. The van der Waals surface area contributed by atoms with Crippen molar-refractivity contribution in [3.63, 3.8) is 0 Å². The van der Waals surface area contributed by atoms with Crippen LogP contribution in [0.5, 0.6) is 0 Å². The third-order valence-corrected chi connectivity index (χ3v) is 3.22. The van der Waals surface area contributed by atoms with E-state index in [2.05, 4.69) is 37.9 Å². The van der Waals surface area contributed by atoms with Crippen molar-refractivity contribution in [1.29, 1.82) is 0 Å². The van der Waals surface area contributed by atoms with Crippen LogP contribution in [-0.4, -0.2) is 30.6 Å². The van der Waals surface area contributed by atoms with Crippen LogP contribution in [0.15, 0.2) is 12.4 Å². The number of halogens is 1. The van der Waals surface area contributed by atoms with Crippen molar-refractivity contribution < 1.29 is 4.79 Å². The van der Waals surface area contributed by atoms with Crippen LogP contribution in [0.25, 0.3) is 0 Å². The Hall–Kier alpha value is -1.25. The molecule has 0 radical (unpaired) electrons. The Morgan fingerprint density at radius 2 is 2.07 bits per heavy atom. The summed E-state index contributed by atoms with van der Waals surface area (Å²) in [5.41, 5.74) is 0.891. The maximum atomic E-state index is 11.9. The summed E-state index contributed by atoms with van der Waals surface area (Å²) in [5.74, 6) is -0.152. The van der Waals surface area contributed by atoms with E-state index in [0.29, 0.717) is 11.3 Å². The smallest absolute Gasteiger partial charge is 0.219 e. The Labute approximate surface area is 99.4 Å². The van der Waals surface area contributed by atoms with E-state index in [0.717, 1.165) is 3.70 Å². The van der Waals surface area contributed by atoms with Gasteiger partial charge < -0.3 is 0 Å². The third kappa shape index (κ3) is 1.78. The molecule has 0 bridgehead atoms. The Balaban J connectivity index is 2.41. The summed E-state index contributed by atoms with van der Waals surface area (Å²) in [6.45, 7) is 0. The lowest BCUT2D eigenvalue weighted by Gasteiger charge is -1.94.